The lowest BCUT2D eigenvalue weighted by molar-refractivity contribution is -0.144. The quantitative estimate of drug-likeness (QED) is 0.444. The molecule has 6 nitrogen and oxygen atoms in total. The van der Waals surface area contributed by atoms with Gasteiger partial charge in [-0.3, -0.25) is 9.59 Å². The number of carbonyl (C=O) groups excluding carboxylic acids is 1. The molecular weight excluding hydrogens is 260 g/mol. The molecule has 0 spiro atoms. The maximum absolute atomic E-state index is 11.9. The maximum Gasteiger partial charge on any atom is 0.311 e. The number of nitrogens with two attached hydrogens (primary N) is 2. The highest BCUT2D eigenvalue weighted by Crippen LogP contribution is 2.51. The summed E-state index contributed by atoms with van der Waals surface area (Å²) in [4.78, 5) is 20.2. The zero-order valence-electron chi connectivity index (χ0n) is 11.9. The van der Waals surface area contributed by atoms with E-state index < -0.39 is 5.54 Å². The molecular formula is C14H24N2O4. The molecule has 0 radical (unpaired) electrons. The van der Waals surface area contributed by atoms with E-state index in [0.29, 0.717) is 5.92 Å². The number of ether oxygens (including phenoxy) is 1. The standard InChI is InChI=1S/C13H22N2O2.CH2O2/c1-8-13(15)6-9-4-2-3-5-12(9,14)7-10(13)11(16)17-8;2-1-3/h8-10H,2-7,14-15H2,1H3;1H,(H,2,3). The van der Waals surface area contributed by atoms with E-state index in [0.717, 1.165) is 25.7 Å². The van der Waals surface area contributed by atoms with Crippen LogP contribution in [0.3, 0.4) is 0 Å². The van der Waals surface area contributed by atoms with Gasteiger partial charge in [0.1, 0.15) is 6.10 Å². The first-order chi connectivity index (χ1) is 9.37. The fourth-order valence-electron chi connectivity index (χ4n) is 4.17. The van der Waals surface area contributed by atoms with E-state index in [-0.39, 0.29) is 30.0 Å². The largest absolute Gasteiger partial charge is 0.483 e. The molecule has 5 N–H and O–H groups in total. The number of fused-ring (bicyclic) bond motifs is 2. The summed E-state index contributed by atoms with van der Waals surface area (Å²) in [7, 11) is 0. The summed E-state index contributed by atoms with van der Waals surface area (Å²) in [5, 5.41) is 6.89. The highest BCUT2D eigenvalue weighted by molar-refractivity contribution is 5.77. The molecule has 5 unspecified atom stereocenters. The van der Waals surface area contributed by atoms with E-state index in [1.807, 2.05) is 6.92 Å². The lowest BCUT2D eigenvalue weighted by Gasteiger charge is -2.52. The Morgan fingerprint density at radius 3 is 2.65 bits per heavy atom. The molecule has 3 rings (SSSR count). The smallest absolute Gasteiger partial charge is 0.311 e. The normalized spacial score (nSPS) is 46.4. The van der Waals surface area contributed by atoms with Gasteiger partial charge in [-0.15, -0.1) is 0 Å². The fourth-order valence-corrected chi connectivity index (χ4v) is 4.17. The molecule has 5 atom stereocenters. The summed E-state index contributed by atoms with van der Waals surface area (Å²) in [6.07, 6.45) is 6.02. The van der Waals surface area contributed by atoms with E-state index >= 15 is 0 Å². The average Bonchev–Trinajstić information content (AvgIpc) is 2.59. The maximum atomic E-state index is 11.9. The molecule has 0 aromatic rings. The van der Waals surface area contributed by atoms with Gasteiger partial charge in [-0.1, -0.05) is 12.8 Å². The van der Waals surface area contributed by atoms with Gasteiger partial charge < -0.3 is 21.3 Å². The topological polar surface area (TPSA) is 116 Å². The van der Waals surface area contributed by atoms with Crippen molar-refractivity contribution in [2.24, 2.45) is 23.3 Å². The van der Waals surface area contributed by atoms with E-state index in [4.69, 9.17) is 26.1 Å². The van der Waals surface area contributed by atoms with Gasteiger partial charge in [0, 0.05) is 5.54 Å². The second-order valence-electron chi connectivity index (χ2n) is 6.43. The highest BCUT2D eigenvalue weighted by atomic mass is 16.6. The third-order valence-corrected chi connectivity index (χ3v) is 5.43. The number of hydrogen-bond acceptors (Lipinski definition) is 5. The van der Waals surface area contributed by atoms with Crippen molar-refractivity contribution in [2.75, 3.05) is 0 Å². The van der Waals surface area contributed by atoms with Crippen LogP contribution in [0.2, 0.25) is 0 Å². The van der Waals surface area contributed by atoms with Crippen LogP contribution in [0.1, 0.15) is 45.4 Å². The number of esters is 1. The zero-order chi connectivity index (χ0) is 15.0. The summed E-state index contributed by atoms with van der Waals surface area (Å²) in [6, 6.07) is 0. The minimum Gasteiger partial charge on any atom is -0.483 e. The average molecular weight is 284 g/mol. The Hall–Kier alpha value is -1.14. The Morgan fingerprint density at radius 1 is 1.35 bits per heavy atom. The lowest BCUT2D eigenvalue weighted by atomic mass is 9.56. The minimum atomic E-state index is -0.470. The summed E-state index contributed by atoms with van der Waals surface area (Å²) >= 11 is 0. The van der Waals surface area contributed by atoms with Crippen LogP contribution < -0.4 is 11.5 Å². The molecule has 6 heteroatoms. The van der Waals surface area contributed by atoms with Crippen molar-refractivity contribution in [3.8, 4) is 0 Å². The van der Waals surface area contributed by atoms with E-state index in [2.05, 4.69) is 0 Å². The Bertz CT molecular complexity index is 403. The molecule has 0 amide bonds. The Labute approximate surface area is 118 Å². The second kappa shape index (κ2) is 5.33. The van der Waals surface area contributed by atoms with Crippen LogP contribution >= 0.6 is 0 Å². The summed E-state index contributed by atoms with van der Waals surface area (Å²) in [5.41, 5.74) is 12.3. The number of cyclic esters (lactones) is 1. The molecule has 1 saturated heterocycles. The SMILES string of the molecule is CC1OC(=O)C2CC3(N)CCCCC3CC12N.O=CO. The first-order valence-electron chi connectivity index (χ1n) is 7.23. The third-order valence-electron chi connectivity index (χ3n) is 5.43. The molecule has 1 aliphatic heterocycles. The van der Waals surface area contributed by atoms with Gasteiger partial charge >= 0.3 is 5.97 Å². The van der Waals surface area contributed by atoms with Crippen molar-refractivity contribution in [2.45, 2.75) is 62.6 Å². The van der Waals surface area contributed by atoms with Crippen molar-refractivity contribution in [3.05, 3.63) is 0 Å². The monoisotopic (exact) mass is 284 g/mol. The summed E-state index contributed by atoms with van der Waals surface area (Å²) < 4.78 is 5.34. The molecule has 0 bridgehead atoms. The van der Waals surface area contributed by atoms with Crippen LogP contribution in [0, 0.1) is 11.8 Å². The Kier molecular flexibility index (Phi) is 4.07. The van der Waals surface area contributed by atoms with Crippen LogP contribution in [0.4, 0.5) is 0 Å². The molecule has 0 aromatic heterocycles. The van der Waals surface area contributed by atoms with Gasteiger partial charge in [-0.2, -0.15) is 0 Å². The zero-order valence-corrected chi connectivity index (χ0v) is 11.9. The number of carbonyl (C=O) groups is 2. The van der Waals surface area contributed by atoms with Crippen molar-refractivity contribution in [1.29, 1.82) is 0 Å². The first kappa shape index (κ1) is 15.3. The number of hydrogen-bond donors (Lipinski definition) is 3. The van der Waals surface area contributed by atoms with Crippen molar-refractivity contribution < 1.29 is 19.4 Å². The van der Waals surface area contributed by atoms with Crippen molar-refractivity contribution >= 4 is 12.4 Å². The van der Waals surface area contributed by atoms with Gasteiger partial charge in [0.15, 0.2) is 0 Å². The second-order valence-corrected chi connectivity index (χ2v) is 6.43. The number of carboxylic acid groups (broad SMARTS) is 1. The van der Waals surface area contributed by atoms with Crippen molar-refractivity contribution in [1.82, 2.24) is 0 Å². The number of rotatable bonds is 0. The van der Waals surface area contributed by atoms with Gasteiger partial charge in [0.2, 0.25) is 0 Å². The van der Waals surface area contributed by atoms with Gasteiger partial charge in [-0.25, -0.2) is 0 Å². The Balaban J connectivity index is 0.000000452. The fraction of sp³-hybridized carbons (Fsp3) is 0.857. The Morgan fingerprint density at radius 2 is 2.00 bits per heavy atom. The molecule has 20 heavy (non-hydrogen) atoms. The molecule has 3 aliphatic rings. The lowest BCUT2D eigenvalue weighted by Crippen LogP contribution is -2.65. The molecule has 2 aliphatic carbocycles. The van der Waals surface area contributed by atoms with Crippen LogP contribution in [-0.2, 0) is 14.3 Å². The van der Waals surface area contributed by atoms with E-state index in [1.54, 1.807) is 0 Å². The molecule has 0 aromatic carbocycles. The van der Waals surface area contributed by atoms with Crippen LogP contribution in [-0.4, -0.2) is 34.7 Å². The van der Waals surface area contributed by atoms with Gasteiger partial charge in [0.05, 0.1) is 11.5 Å². The molecule has 2 saturated carbocycles. The van der Waals surface area contributed by atoms with E-state index in [9.17, 15) is 4.79 Å². The summed E-state index contributed by atoms with van der Waals surface area (Å²) in [6.45, 7) is 1.67. The van der Waals surface area contributed by atoms with E-state index in [1.165, 1.54) is 12.8 Å². The van der Waals surface area contributed by atoms with Crippen molar-refractivity contribution in [3.63, 3.8) is 0 Å². The van der Waals surface area contributed by atoms with Crippen LogP contribution in [0.15, 0.2) is 0 Å². The minimum absolute atomic E-state index is 0.131. The van der Waals surface area contributed by atoms with Gasteiger partial charge in [0.25, 0.3) is 6.47 Å². The first-order valence-corrected chi connectivity index (χ1v) is 7.23. The predicted molar refractivity (Wildman–Crippen MR) is 72.8 cm³/mol. The van der Waals surface area contributed by atoms with Crippen LogP contribution in [0.25, 0.3) is 0 Å². The third kappa shape index (κ3) is 2.31. The molecule has 114 valence electrons. The summed E-state index contributed by atoms with van der Waals surface area (Å²) in [5.74, 6) is 0.153. The predicted octanol–water partition coefficient (Wildman–Crippen LogP) is 0.628. The van der Waals surface area contributed by atoms with Crippen LogP contribution in [0.5, 0.6) is 0 Å². The molecule has 1 heterocycles. The van der Waals surface area contributed by atoms with Gasteiger partial charge in [-0.05, 0) is 38.5 Å². The highest BCUT2D eigenvalue weighted by Gasteiger charge is 2.61. The molecule has 3 fully saturated rings.